The number of halogens is 1. The predicted octanol–water partition coefficient (Wildman–Crippen LogP) is 4.46. The first-order valence-corrected chi connectivity index (χ1v) is 5.30. The molecule has 2 rings (SSSR count). The molecule has 1 nitrogen and oxygen atoms in total. The summed E-state index contributed by atoms with van der Waals surface area (Å²) in [6.45, 7) is 8.17. The average molecular weight is 210 g/mol. The van der Waals surface area contributed by atoms with Crippen LogP contribution in [0.5, 0.6) is 0 Å². The van der Waals surface area contributed by atoms with E-state index in [-0.39, 0.29) is 0 Å². The van der Waals surface area contributed by atoms with Crippen molar-refractivity contribution < 1.29 is 0 Å². The van der Waals surface area contributed by atoms with E-state index in [4.69, 9.17) is 11.6 Å². The van der Waals surface area contributed by atoms with Crippen LogP contribution in [-0.2, 0) is 0 Å². The number of hydrogen-bond acceptors (Lipinski definition) is 0. The summed E-state index contributed by atoms with van der Waals surface area (Å²) in [7, 11) is 0. The molecule has 0 amide bonds. The van der Waals surface area contributed by atoms with Gasteiger partial charge in [-0.3, -0.25) is 0 Å². The molecule has 0 bridgehead atoms. The first-order valence-electron chi connectivity index (χ1n) is 4.93. The first-order chi connectivity index (χ1) is 6.68. The van der Waals surface area contributed by atoms with Crippen molar-refractivity contribution in [3.05, 3.63) is 34.5 Å². The number of H-pyrrole nitrogens is 1. The Morgan fingerprint density at radius 1 is 1.14 bits per heavy atom. The van der Waals surface area contributed by atoms with Crippen molar-refractivity contribution >= 4 is 22.5 Å². The van der Waals surface area contributed by atoms with Crippen LogP contribution in [0.3, 0.4) is 0 Å². The summed E-state index contributed by atoms with van der Waals surface area (Å²) in [5.74, 6) is 0. The van der Waals surface area contributed by atoms with Gasteiger partial charge in [0.1, 0.15) is 0 Å². The van der Waals surface area contributed by atoms with Crippen LogP contribution in [0.25, 0.3) is 10.9 Å². The van der Waals surface area contributed by atoms with Gasteiger partial charge in [-0.05, 0) is 37.6 Å². The number of aryl methyl sites for hydroxylation is 2. The Balaban J connectivity index is 0.000000461. The highest BCUT2D eigenvalue weighted by molar-refractivity contribution is 6.31. The highest BCUT2D eigenvalue weighted by Gasteiger charge is 2.03. The fourth-order valence-corrected chi connectivity index (χ4v) is 1.61. The Morgan fingerprint density at radius 2 is 1.79 bits per heavy atom. The van der Waals surface area contributed by atoms with Gasteiger partial charge in [-0.2, -0.15) is 0 Å². The van der Waals surface area contributed by atoms with Gasteiger partial charge in [-0.1, -0.05) is 25.4 Å². The van der Waals surface area contributed by atoms with Crippen molar-refractivity contribution in [1.82, 2.24) is 4.98 Å². The minimum absolute atomic E-state index is 0.796. The van der Waals surface area contributed by atoms with Crippen LogP contribution in [-0.4, -0.2) is 4.98 Å². The number of aromatic nitrogens is 1. The first kappa shape index (κ1) is 11.1. The van der Waals surface area contributed by atoms with Gasteiger partial charge in [0.15, 0.2) is 0 Å². The quantitative estimate of drug-likeness (QED) is 0.659. The fraction of sp³-hybridized carbons (Fsp3) is 0.333. The number of aromatic amines is 1. The van der Waals surface area contributed by atoms with E-state index in [1.54, 1.807) is 0 Å². The molecule has 0 unspecified atom stereocenters. The van der Waals surface area contributed by atoms with Gasteiger partial charge in [0.05, 0.1) is 0 Å². The molecule has 0 radical (unpaired) electrons. The summed E-state index contributed by atoms with van der Waals surface area (Å²) in [6, 6.07) is 5.91. The van der Waals surface area contributed by atoms with E-state index >= 15 is 0 Å². The maximum Gasteiger partial charge on any atom is 0.0459 e. The minimum Gasteiger partial charge on any atom is -0.358 e. The molecular weight excluding hydrogens is 194 g/mol. The average Bonchev–Trinajstić information content (AvgIpc) is 2.48. The summed E-state index contributed by atoms with van der Waals surface area (Å²) in [6.07, 6.45) is 0. The molecule has 1 N–H and O–H groups in total. The molecule has 0 saturated heterocycles. The Bertz CT molecular complexity index is 429. The largest absolute Gasteiger partial charge is 0.358 e. The van der Waals surface area contributed by atoms with Crippen molar-refractivity contribution in [3.8, 4) is 0 Å². The molecule has 0 aliphatic rings. The zero-order chi connectivity index (χ0) is 10.7. The fourth-order valence-electron chi connectivity index (χ4n) is 1.43. The molecule has 2 aromatic rings. The van der Waals surface area contributed by atoms with E-state index in [1.165, 1.54) is 16.6 Å². The number of rotatable bonds is 0. The molecule has 1 aromatic carbocycles. The molecule has 0 aliphatic carbocycles. The normalized spacial score (nSPS) is 9.79. The van der Waals surface area contributed by atoms with Gasteiger partial charge in [0.2, 0.25) is 0 Å². The third kappa shape index (κ3) is 1.93. The lowest BCUT2D eigenvalue weighted by molar-refractivity contribution is 1.25. The third-order valence-corrected chi connectivity index (χ3v) is 2.51. The van der Waals surface area contributed by atoms with Gasteiger partial charge in [-0.25, -0.2) is 0 Å². The highest BCUT2D eigenvalue weighted by atomic mass is 35.5. The second-order valence-electron chi connectivity index (χ2n) is 3.06. The van der Waals surface area contributed by atoms with Gasteiger partial charge >= 0.3 is 0 Å². The smallest absolute Gasteiger partial charge is 0.0459 e. The van der Waals surface area contributed by atoms with E-state index in [9.17, 15) is 0 Å². The summed E-state index contributed by atoms with van der Waals surface area (Å²) in [5.41, 5.74) is 3.66. The molecule has 0 atom stereocenters. The molecule has 1 heterocycles. The summed E-state index contributed by atoms with van der Waals surface area (Å²) in [4.78, 5) is 3.30. The van der Waals surface area contributed by atoms with E-state index in [0.29, 0.717) is 0 Å². The van der Waals surface area contributed by atoms with Gasteiger partial charge in [0, 0.05) is 21.6 Å². The second kappa shape index (κ2) is 4.52. The second-order valence-corrected chi connectivity index (χ2v) is 3.50. The number of benzene rings is 1. The van der Waals surface area contributed by atoms with Crippen LogP contribution in [0, 0.1) is 13.8 Å². The molecule has 0 aliphatic heterocycles. The zero-order valence-electron chi connectivity index (χ0n) is 9.11. The monoisotopic (exact) mass is 209 g/mol. The van der Waals surface area contributed by atoms with Gasteiger partial charge in [-0.15, -0.1) is 0 Å². The number of nitrogens with one attached hydrogen (secondary N) is 1. The number of hydrogen-bond donors (Lipinski definition) is 1. The SMILES string of the molecule is CC.Cc1[nH]c2ccc(Cl)cc2c1C. The minimum atomic E-state index is 0.796. The molecule has 2 heteroatoms. The van der Waals surface area contributed by atoms with Gasteiger partial charge in [0.25, 0.3) is 0 Å². The zero-order valence-corrected chi connectivity index (χ0v) is 9.87. The van der Waals surface area contributed by atoms with Crippen LogP contribution >= 0.6 is 11.6 Å². The molecule has 0 saturated carbocycles. The topological polar surface area (TPSA) is 15.8 Å². The summed E-state index contributed by atoms with van der Waals surface area (Å²) >= 11 is 5.89. The van der Waals surface area contributed by atoms with Crippen LogP contribution in [0.1, 0.15) is 25.1 Å². The van der Waals surface area contributed by atoms with Crippen molar-refractivity contribution in [2.45, 2.75) is 27.7 Å². The van der Waals surface area contributed by atoms with E-state index in [1.807, 2.05) is 32.0 Å². The van der Waals surface area contributed by atoms with Crippen LogP contribution in [0.4, 0.5) is 0 Å². The summed E-state index contributed by atoms with van der Waals surface area (Å²) in [5, 5.41) is 2.02. The van der Waals surface area contributed by atoms with E-state index in [2.05, 4.69) is 18.8 Å². The van der Waals surface area contributed by atoms with Crippen molar-refractivity contribution in [1.29, 1.82) is 0 Å². The van der Waals surface area contributed by atoms with Crippen molar-refractivity contribution in [3.63, 3.8) is 0 Å². The lowest BCUT2D eigenvalue weighted by atomic mass is 10.2. The molecule has 1 aromatic heterocycles. The number of fused-ring (bicyclic) bond motifs is 1. The molecule has 0 spiro atoms. The van der Waals surface area contributed by atoms with E-state index < -0.39 is 0 Å². The van der Waals surface area contributed by atoms with Gasteiger partial charge < -0.3 is 4.98 Å². The lowest BCUT2D eigenvalue weighted by Gasteiger charge is -1.91. The molecule has 14 heavy (non-hydrogen) atoms. The maximum absolute atomic E-state index is 5.89. The predicted molar refractivity (Wildman–Crippen MR) is 64.1 cm³/mol. The third-order valence-electron chi connectivity index (χ3n) is 2.27. The molecule has 0 fully saturated rings. The Hall–Kier alpha value is -0.950. The highest BCUT2D eigenvalue weighted by Crippen LogP contribution is 2.23. The maximum atomic E-state index is 5.89. The van der Waals surface area contributed by atoms with Crippen LogP contribution < -0.4 is 0 Å². The van der Waals surface area contributed by atoms with Crippen LogP contribution in [0.15, 0.2) is 18.2 Å². The van der Waals surface area contributed by atoms with Crippen molar-refractivity contribution in [2.24, 2.45) is 0 Å². The Morgan fingerprint density at radius 3 is 2.43 bits per heavy atom. The lowest BCUT2D eigenvalue weighted by Crippen LogP contribution is -1.71. The Kier molecular flexibility index (Phi) is 3.59. The standard InChI is InChI=1S/C10H10ClN.C2H6/c1-6-7(2)12-10-4-3-8(11)5-9(6)10;1-2/h3-5,12H,1-2H3;1-2H3. The summed E-state index contributed by atoms with van der Waals surface area (Å²) < 4.78 is 0. The van der Waals surface area contributed by atoms with Crippen molar-refractivity contribution in [2.75, 3.05) is 0 Å². The Labute approximate surface area is 90.1 Å². The molecule has 76 valence electrons. The van der Waals surface area contributed by atoms with E-state index in [0.717, 1.165) is 10.5 Å². The molecular formula is C12H16ClN. The van der Waals surface area contributed by atoms with Crippen LogP contribution in [0.2, 0.25) is 5.02 Å².